The molecule has 0 aliphatic carbocycles. The van der Waals surface area contributed by atoms with E-state index in [9.17, 15) is 33.4 Å². The van der Waals surface area contributed by atoms with E-state index in [0.717, 1.165) is 60.6 Å². The molecule has 1 aromatic heterocycles. The molecule has 3 aromatic rings. The second kappa shape index (κ2) is 38.9. The van der Waals surface area contributed by atoms with Crippen molar-refractivity contribution in [1.82, 2.24) is 26.3 Å². The van der Waals surface area contributed by atoms with Crippen LogP contribution in [0.1, 0.15) is 200 Å². The lowest BCUT2D eigenvalue weighted by atomic mass is 9.98. The number of carbonyl (C=O) groups is 5. The first-order valence-electron chi connectivity index (χ1n) is 28.4. The summed E-state index contributed by atoms with van der Waals surface area (Å²) in [5, 5.41) is 11.9. The van der Waals surface area contributed by atoms with Gasteiger partial charge in [0.2, 0.25) is 23.6 Å². The van der Waals surface area contributed by atoms with Gasteiger partial charge < -0.3 is 35.9 Å². The fraction of sp³-hybridized carbons (Fsp3) is 0.672. The fourth-order valence-corrected chi connectivity index (χ4v) is 9.58. The average molecular weight is 1050 g/mol. The monoisotopic (exact) mass is 1050 g/mol. The quantitative estimate of drug-likeness (QED) is 0.0179. The number of hydrogen-bond acceptors (Lipinski definition) is 9. The van der Waals surface area contributed by atoms with E-state index in [1.54, 1.807) is 0 Å². The van der Waals surface area contributed by atoms with E-state index >= 15 is 0 Å². The van der Waals surface area contributed by atoms with Crippen LogP contribution < -0.4 is 21.3 Å². The number of rotatable bonds is 44. The van der Waals surface area contributed by atoms with Crippen LogP contribution in [-0.2, 0) is 48.7 Å². The normalized spacial score (nSPS) is 13.4. The molecule has 0 saturated carbocycles. The number of H-pyrrole nitrogens is 1. The summed E-state index contributed by atoms with van der Waals surface area (Å²) in [6, 6.07) is 15.8. The number of aromatic amines is 1. The number of fused-ring (bicyclic) bond motifs is 1. The zero-order chi connectivity index (χ0) is 53.7. The van der Waals surface area contributed by atoms with Crippen LogP contribution in [0.4, 0.5) is 0 Å². The predicted octanol–water partition coefficient (Wildman–Crippen LogP) is 12.1. The summed E-state index contributed by atoms with van der Waals surface area (Å²) in [7, 11) is -4.77. The number of amides is 4. The number of phosphoric acid groups is 1. The molecule has 1 unspecified atom stereocenters. The zero-order valence-electron chi connectivity index (χ0n) is 45.6. The molecule has 0 saturated heterocycles. The highest BCUT2D eigenvalue weighted by molar-refractivity contribution is 7.47. The van der Waals surface area contributed by atoms with Crippen molar-refractivity contribution in [2.75, 3.05) is 32.9 Å². The van der Waals surface area contributed by atoms with Gasteiger partial charge >= 0.3 is 13.8 Å². The number of hydrogen-bond donors (Lipinski definition) is 6. The Morgan fingerprint density at radius 1 is 0.595 bits per heavy atom. The summed E-state index contributed by atoms with van der Waals surface area (Å²) < 4.78 is 28.8. The van der Waals surface area contributed by atoms with Crippen molar-refractivity contribution in [3.8, 4) is 11.1 Å². The Hall–Kier alpha value is -4.56. The minimum atomic E-state index is -4.77. The number of unbranched alkanes of at least 4 members (excludes halogenated alkanes) is 20. The smallest absolute Gasteiger partial charge is 0.466 e. The molecule has 74 heavy (non-hydrogen) atoms. The van der Waals surface area contributed by atoms with Gasteiger partial charge in [0.1, 0.15) is 12.1 Å². The Bertz CT molecular complexity index is 2080. The van der Waals surface area contributed by atoms with E-state index in [1.165, 1.54) is 96.3 Å². The summed E-state index contributed by atoms with van der Waals surface area (Å²) in [6.07, 6.45) is 27.0. The summed E-state index contributed by atoms with van der Waals surface area (Å²) >= 11 is 0. The molecule has 6 N–H and O–H groups in total. The van der Waals surface area contributed by atoms with Gasteiger partial charge in [-0.05, 0) is 54.5 Å². The van der Waals surface area contributed by atoms with Crippen LogP contribution in [0.2, 0.25) is 0 Å². The Morgan fingerprint density at radius 2 is 1.16 bits per heavy atom. The molecule has 416 valence electrons. The highest BCUT2D eigenvalue weighted by Gasteiger charge is 2.29. The topological polar surface area (TPSA) is 214 Å². The number of phosphoric ester groups is 1. The van der Waals surface area contributed by atoms with E-state index in [4.69, 9.17) is 13.8 Å². The third-order valence-electron chi connectivity index (χ3n) is 13.5. The van der Waals surface area contributed by atoms with E-state index in [1.807, 2.05) is 62.4 Å². The van der Waals surface area contributed by atoms with E-state index in [2.05, 4.69) is 46.2 Å². The first-order chi connectivity index (χ1) is 35.8. The van der Waals surface area contributed by atoms with Crippen LogP contribution in [0, 0.1) is 5.92 Å². The van der Waals surface area contributed by atoms with Crippen LogP contribution in [0.3, 0.4) is 0 Å². The maximum atomic E-state index is 13.4. The molecule has 15 nitrogen and oxygen atoms in total. The molecular formula is C58H94N5O10P. The second-order valence-electron chi connectivity index (χ2n) is 20.0. The maximum Gasteiger partial charge on any atom is 0.472 e. The van der Waals surface area contributed by atoms with E-state index in [-0.39, 0.29) is 56.2 Å². The van der Waals surface area contributed by atoms with Crippen molar-refractivity contribution in [3.05, 3.63) is 60.3 Å². The van der Waals surface area contributed by atoms with Crippen LogP contribution in [0.5, 0.6) is 0 Å². The first-order valence-corrected chi connectivity index (χ1v) is 29.9. The van der Waals surface area contributed by atoms with Crippen molar-refractivity contribution < 1.29 is 47.2 Å². The minimum Gasteiger partial charge on any atom is -0.466 e. The summed E-state index contributed by atoms with van der Waals surface area (Å²) in [5.74, 6) is -2.34. The fourth-order valence-electron chi connectivity index (χ4n) is 8.85. The molecule has 0 aliphatic heterocycles. The van der Waals surface area contributed by atoms with Gasteiger partial charge in [-0.3, -0.25) is 33.0 Å². The molecule has 0 fully saturated rings. The lowest BCUT2D eigenvalue weighted by Crippen LogP contribution is -2.51. The zero-order valence-corrected chi connectivity index (χ0v) is 46.5. The van der Waals surface area contributed by atoms with Gasteiger partial charge in [0.25, 0.3) is 0 Å². The van der Waals surface area contributed by atoms with Crippen LogP contribution in [0.25, 0.3) is 22.0 Å². The average Bonchev–Trinajstić information content (AvgIpc) is 3.80. The maximum absolute atomic E-state index is 13.4. The third kappa shape index (κ3) is 28.4. The number of aromatic nitrogens is 1. The van der Waals surface area contributed by atoms with Crippen LogP contribution in [-0.4, -0.2) is 84.5 Å². The van der Waals surface area contributed by atoms with Gasteiger partial charge in [0, 0.05) is 42.5 Å². The lowest BCUT2D eigenvalue weighted by Gasteiger charge is -2.24. The van der Waals surface area contributed by atoms with Gasteiger partial charge in [-0.15, -0.1) is 0 Å². The molecule has 0 spiro atoms. The second-order valence-corrected chi connectivity index (χ2v) is 21.5. The van der Waals surface area contributed by atoms with Crippen molar-refractivity contribution in [1.29, 1.82) is 0 Å². The first kappa shape index (κ1) is 63.7. The van der Waals surface area contributed by atoms with Crippen molar-refractivity contribution >= 4 is 48.3 Å². The SMILES string of the molecule is CCCCCCCCCCCCCCCC(=O)N[C@@H](COP(=O)(O)OCCNC(=O)[C@@H](NC(=O)Cc1cc2cc(-c3ccccc3)ccc2[nH]1)[C@@H](C)CC)C(=O)NCCCOC(=O)CCCCCCCCCCC. The highest BCUT2D eigenvalue weighted by Crippen LogP contribution is 2.43. The molecule has 0 aliphatic rings. The largest absolute Gasteiger partial charge is 0.472 e. The predicted molar refractivity (Wildman–Crippen MR) is 296 cm³/mol. The van der Waals surface area contributed by atoms with E-state index in [0.29, 0.717) is 31.4 Å². The van der Waals surface area contributed by atoms with Gasteiger partial charge in [-0.2, -0.15) is 0 Å². The van der Waals surface area contributed by atoms with E-state index < -0.39 is 44.9 Å². The number of carbonyl (C=O) groups excluding carboxylic acids is 5. The van der Waals surface area contributed by atoms with Crippen LogP contribution >= 0.6 is 7.82 Å². The molecular weight excluding hydrogens is 958 g/mol. The molecule has 2 aromatic carbocycles. The number of benzene rings is 2. The van der Waals surface area contributed by atoms with Crippen molar-refractivity contribution in [3.63, 3.8) is 0 Å². The van der Waals surface area contributed by atoms with Gasteiger partial charge in [0.15, 0.2) is 0 Å². The minimum absolute atomic E-state index is 0.0253. The number of nitrogens with one attached hydrogen (secondary N) is 5. The van der Waals surface area contributed by atoms with Crippen molar-refractivity contribution in [2.45, 2.75) is 213 Å². The highest BCUT2D eigenvalue weighted by atomic mass is 31.2. The molecule has 4 atom stereocenters. The lowest BCUT2D eigenvalue weighted by molar-refractivity contribution is -0.143. The Balaban J connectivity index is 1.44. The third-order valence-corrected chi connectivity index (χ3v) is 14.5. The molecule has 16 heteroatoms. The molecule has 4 amide bonds. The number of ether oxygens (including phenoxy) is 1. The molecule has 3 rings (SSSR count). The van der Waals surface area contributed by atoms with Gasteiger partial charge in [-0.1, -0.05) is 199 Å². The standard InChI is InChI=1S/C58H94N5O10P/c1-5-8-10-12-14-16-17-18-19-21-22-24-29-34-53(64)62-52(57(67)59-38-31-40-71-55(66)35-30-25-23-20-15-13-11-9-6-2)45-73-74(69,70)72-41-39-60-58(68)56(46(4)7-3)63-54(65)44-50-43-49-42-48(36-37-51(49)61-50)47-32-27-26-28-33-47/h26-28,32-33,36-37,42-43,46,52,56,61H,5-25,29-31,34-35,38-41,44-45H2,1-4H3,(H,59,67)(H,60,68)(H,62,64)(H,63,65)(H,69,70)/t46-,52-,56-/m0/s1. The Labute approximate surface area is 443 Å². The summed E-state index contributed by atoms with van der Waals surface area (Å²) in [4.78, 5) is 79.2. The molecule has 1 heterocycles. The van der Waals surface area contributed by atoms with Gasteiger partial charge in [-0.25, -0.2) is 4.57 Å². The van der Waals surface area contributed by atoms with Gasteiger partial charge in [0.05, 0.1) is 26.2 Å². The Morgan fingerprint density at radius 3 is 1.76 bits per heavy atom. The molecule has 0 radical (unpaired) electrons. The van der Waals surface area contributed by atoms with Crippen LogP contribution in [0.15, 0.2) is 54.6 Å². The number of esters is 1. The summed E-state index contributed by atoms with van der Waals surface area (Å²) in [6.45, 7) is 7.21. The Kier molecular flexibility index (Phi) is 33.5. The van der Waals surface area contributed by atoms with Crippen molar-refractivity contribution in [2.24, 2.45) is 5.92 Å². The molecule has 0 bridgehead atoms. The summed E-state index contributed by atoms with van der Waals surface area (Å²) in [5.41, 5.74) is 3.74.